The number of aromatic nitrogens is 1. The van der Waals surface area contributed by atoms with Crippen LogP contribution in [0.4, 0.5) is 5.69 Å². The molecule has 0 atom stereocenters. The number of hydrogen-bond donors (Lipinski definition) is 2. The van der Waals surface area contributed by atoms with Gasteiger partial charge in [0, 0.05) is 6.20 Å². The molecule has 0 aromatic carbocycles. The largest absolute Gasteiger partial charge is 0.495 e. The zero-order chi connectivity index (χ0) is 13.8. The molecule has 0 spiro atoms. The lowest BCUT2D eigenvalue weighted by atomic mass is 10.3. The van der Waals surface area contributed by atoms with Crippen molar-refractivity contribution in [3.05, 3.63) is 40.3 Å². The molecule has 2 rings (SSSR count). The third-order valence-electron chi connectivity index (χ3n) is 2.31. The quantitative estimate of drug-likeness (QED) is 0.894. The number of carbonyl (C=O) groups is 2. The number of amides is 1. The van der Waals surface area contributed by atoms with Crippen molar-refractivity contribution < 1.29 is 19.4 Å². The van der Waals surface area contributed by atoms with E-state index in [1.54, 1.807) is 17.5 Å². The van der Waals surface area contributed by atoms with E-state index < -0.39 is 11.9 Å². The first-order chi connectivity index (χ1) is 9.13. The van der Waals surface area contributed by atoms with Gasteiger partial charge in [0.1, 0.15) is 10.6 Å². The first-order valence-corrected chi connectivity index (χ1v) is 6.12. The Morgan fingerprint density at radius 2 is 2.21 bits per heavy atom. The van der Waals surface area contributed by atoms with E-state index >= 15 is 0 Å². The summed E-state index contributed by atoms with van der Waals surface area (Å²) in [5, 5.41) is 13.2. The Kier molecular flexibility index (Phi) is 3.76. The summed E-state index contributed by atoms with van der Waals surface area (Å²) in [5.74, 6) is -1.18. The fourth-order valence-corrected chi connectivity index (χ4v) is 2.23. The van der Waals surface area contributed by atoms with E-state index in [9.17, 15) is 9.59 Å². The minimum atomic E-state index is -1.20. The van der Waals surface area contributed by atoms with Crippen LogP contribution < -0.4 is 10.1 Å². The number of carboxylic acid groups (broad SMARTS) is 1. The molecule has 0 aliphatic rings. The molecule has 2 N–H and O–H groups in total. The third kappa shape index (κ3) is 2.71. The van der Waals surface area contributed by atoms with Gasteiger partial charge in [0.25, 0.3) is 5.91 Å². The van der Waals surface area contributed by atoms with Gasteiger partial charge in [0.15, 0.2) is 5.69 Å². The minimum absolute atomic E-state index is 0.149. The second-order valence-corrected chi connectivity index (χ2v) is 4.39. The molecule has 19 heavy (non-hydrogen) atoms. The maximum absolute atomic E-state index is 12.0. The number of aromatic carboxylic acids is 1. The molecule has 0 aliphatic carbocycles. The normalized spacial score (nSPS) is 9.95. The molecule has 0 aliphatic heterocycles. The predicted octanol–water partition coefficient (Wildman–Crippen LogP) is 2.10. The number of nitrogens with one attached hydrogen (secondary N) is 1. The van der Waals surface area contributed by atoms with Gasteiger partial charge in [-0.05, 0) is 23.6 Å². The molecule has 0 bridgehead atoms. The molecule has 7 heteroatoms. The van der Waals surface area contributed by atoms with Gasteiger partial charge in [-0.15, -0.1) is 11.3 Å². The second kappa shape index (κ2) is 5.49. The highest BCUT2D eigenvalue weighted by Gasteiger charge is 2.17. The fraction of sp³-hybridized carbons (Fsp3) is 0.0833. The van der Waals surface area contributed by atoms with E-state index in [-0.39, 0.29) is 11.4 Å². The van der Waals surface area contributed by atoms with Crippen molar-refractivity contribution in [3.63, 3.8) is 0 Å². The van der Waals surface area contributed by atoms with Crippen molar-refractivity contribution in [1.29, 1.82) is 0 Å². The van der Waals surface area contributed by atoms with Gasteiger partial charge in [0.2, 0.25) is 0 Å². The molecular formula is C12H10N2O4S. The number of thiophene rings is 1. The number of nitrogens with zero attached hydrogens (tertiary/aromatic N) is 1. The third-order valence-corrected chi connectivity index (χ3v) is 3.21. The molecule has 1 amide bonds. The second-order valence-electron chi connectivity index (χ2n) is 3.48. The maximum Gasteiger partial charge on any atom is 0.356 e. The molecule has 2 aromatic heterocycles. The van der Waals surface area contributed by atoms with E-state index in [4.69, 9.17) is 9.84 Å². The summed E-state index contributed by atoms with van der Waals surface area (Å²) in [6, 6.07) is 4.70. The summed E-state index contributed by atoms with van der Waals surface area (Å²) < 4.78 is 5.04. The van der Waals surface area contributed by atoms with Crippen molar-refractivity contribution in [2.45, 2.75) is 0 Å². The Labute approximate surface area is 112 Å². The number of ether oxygens (including phenoxy) is 1. The zero-order valence-corrected chi connectivity index (χ0v) is 10.7. The van der Waals surface area contributed by atoms with Crippen molar-refractivity contribution in [1.82, 2.24) is 4.98 Å². The van der Waals surface area contributed by atoms with Crippen LogP contribution in [0.3, 0.4) is 0 Å². The van der Waals surface area contributed by atoms with Crippen LogP contribution in [0, 0.1) is 0 Å². The van der Waals surface area contributed by atoms with E-state index in [1.165, 1.54) is 30.7 Å². The summed E-state index contributed by atoms with van der Waals surface area (Å²) in [6.07, 6.45) is 1.35. The lowest BCUT2D eigenvalue weighted by Crippen LogP contribution is -2.15. The number of pyridine rings is 1. The van der Waals surface area contributed by atoms with Crippen LogP contribution in [0.15, 0.2) is 29.8 Å². The first-order valence-electron chi connectivity index (χ1n) is 5.24. The molecule has 2 heterocycles. The van der Waals surface area contributed by atoms with Gasteiger partial charge in [-0.1, -0.05) is 0 Å². The van der Waals surface area contributed by atoms with Crippen molar-refractivity contribution in [3.8, 4) is 5.75 Å². The average Bonchev–Trinajstić information content (AvgIpc) is 2.87. The lowest BCUT2D eigenvalue weighted by Gasteiger charge is -2.07. The SMILES string of the molecule is COc1ccsc1C(=O)Nc1cccnc1C(=O)O. The van der Waals surface area contributed by atoms with Gasteiger partial charge < -0.3 is 15.2 Å². The average molecular weight is 278 g/mol. The molecule has 0 radical (unpaired) electrons. The number of anilines is 1. The Morgan fingerprint density at radius 1 is 1.42 bits per heavy atom. The van der Waals surface area contributed by atoms with Gasteiger partial charge in [-0.25, -0.2) is 9.78 Å². The molecular weight excluding hydrogens is 268 g/mol. The number of carboxylic acids is 1. The molecule has 2 aromatic rings. The molecule has 0 unspecified atom stereocenters. The Hall–Kier alpha value is -2.41. The highest BCUT2D eigenvalue weighted by atomic mass is 32.1. The number of hydrogen-bond acceptors (Lipinski definition) is 5. The van der Waals surface area contributed by atoms with E-state index in [2.05, 4.69) is 10.3 Å². The molecule has 0 saturated heterocycles. The van der Waals surface area contributed by atoms with Crippen molar-refractivity contribution in [2.24, 2.45) is 0 Å². The Bertz CT molecular complexity index is 624. The summed E-state index contributed by atoms with van der Waals surface area (Å²) in [5.41, 5.74) is -0.0539. The summed E-state index contributed by atoms with van der Waals surface area (Å²) in [6.45, 7) is 0. The predicted molar refractivity (Wildman–Crippen MR) is 70.0 cm³/mol. The van der Waals surface area contributed by atoms with Crippen LogP contribution in [0.2, 0.25) is 0 Å². The van der Waals surface area contributed by atoms with E-state index in [1.807, 2.05) is 0 Å². The minimum Gasteiger partial charge on any atom is -0.495 e. The summed E-state index contributed by atoms with van der Waals surface area (Å²) in [7, 11) is 1.46. The van der Waals surface area contributed by atoms with Gasteiger partial charge >= 0.3 is 5.97 Å². The molecule has 98 valence electrons. The molecule has 6 nitrogen and oxygen atoms in total. The van der Waals surface area contributed by atoms with Gasteiger partial charge in [-0.2, -0.15) is 0 Å². The van der Waals surface area contributed by atoms with Crippen molar-refractivity contribution in [2.75, 3.05) is 12.4 Å². The highest BCUT2D eigenvalue weighted by Crippen LogP contribution is 2.25. The van der Waals surface area contributed by atoms with Gasteiger partial charge in [-0.3, -0.25) is 4.79 Å². The summed E-state index contributed by atoms with van der Waals surface area (Å²) in [4.78, 5) is 27.1. The van der Waals surface area contributed by atoms with Crippen LogP contribution in [0.1, 0.15) is 20.2 Å². The number of methoxy groups -OCH3 is 1. The maximum atomic E-state index is 12.0. The number of rotatable bonds is 4. The monoisotopic (exact) mass is 278 g/mol. The lowest BCUT2D eigenvalue weighted by molar-refractivity contribution is 0.0692. The van der Waals surface area contributed by atoms with E-state index in [0.717, 1.165) is 0 Å². The Balaban J connectivity index is 2.27. The zero-order valence-electron chi connectivity index (χ0n) is 9.91. The standard InChI is InChI=1S/C12H10N2O4S/c1-18-8-4-6-19-10(8)11(15)14-7-3-2-5-13-9(7)12(16)17/h2-6H,1H3,(H,14,15)(H,16,17). The van der Waals surface area contributed by atoms with Crippen LogP contribution in [-0.2, 0) is 0 Å². The molecule has 0 saturated carbocycles. The smallest absolute Gasteiger partial charge is 0.356 e. The Morgan fingerprint density at radius 3 is 2.89 bits per heavy atom. The topological polar surface area (TPSA) is 88.5 Å². The first kappa shape index (κ1) is 13.0. The van der Waals surface area contributed by atoms with Crippen LogP contribution >= 0.6 is 11.3 Å². The van der Waals surface area contributed by atoms with Crippen LogP contribution in [-0.4, -0.2) is 29.1 Å². The van der Waals surface area contributed by atoms with Crippen LogP contribution in [0.5, 0.6) is 5.75 Å². The van der Waals surface area contributed by atoms with E-state index in [0.29, 0.717) is 10.6 Å². The fourth-order valence-electron chi connectivity index (χ4n) is 1.48. The highest BCUT2D eigenvalue weighted by molar-refractivity contribution is 7.12. The summed E-state index contributed by atoms with van der Waals surface area (Å²) >= 11 is 1.21. The van der Waals surface area contributed by atoms with Gasteiger partial charge in [0.05, 0.1) is 12.8 Å². The molecule has 0 fully saturated rings. The van der Waals surface area contributed by atoms with Crippen molar-refractivity contribution >= 4 is 28.9 Å². The van der Waals surface area contributed by atoms with Crippen LogP contribution in [0.25, 0.3) is 0 Å². The number of carbonyl (C=O) groups excluding carboxylic acids is 1.